The van der Waals surface area contributed by atoms with Crippen molar-refractivity contribution >= 4 is 7.79 Å². The lowest BCUT2D eigenvalue weighted by molar-refractivity contribution is 0.419. The summed E-state index contributed by atoms with van der Waals surface area (Å²) < 4.78 is 11.0. The Balaban J connectivity index is 2.34. The minimum Gasteiger partial charge on any atom is -0.312 e. The maximum absolute atomic E-state index is 6.49. The van der Waals surface area contributed by atoms with Gasteiger partial charge in [-0.3, -0.25) is 0 Å². The molecule has 3 nitrogen and oxygen atoms in total. The third kappa shape index (κ3) is 3.82. The Labute approximate surface area is 128 Å². The molecule has 0 aliphatic rings. The average molecular weight is 303 g/mol. The number of benzene rings is 2. The van der Waals surface area contributed by atoms with Gasteiger partial charge in [0.1, 0.15) is 0 Å². The van der Waals surface area contributed by atoms with Crippen molar-refractivity contribution in [2.45, 2.75) is 6.16 Å². The molecule has 2 aromatic carbocycles. The third-order valence-electron chi connectivity index (χ3n) is 3.48. The highest BCUT2D eigenvalue weighted by Gasteiger charge is 2.48. The summed E-state index contributed by atoms with van der Waals surface area (Å²) in [6.07, 6.45) is 0.892. The molecule has 4 heteroatoms. The van der Waals surface area contributed by atoms with Crippen LogP contribution in [0.4, 0.5) is 0 Å². The fourth-order valence-electron chi connectivity index (χ4n) is 2.31. The van der Waals surface area contributed by atoms with Crippen molar-refractivity contribution in [2.24, 2.45) is 0 Å². The molecule has 0 atom stereocenters. The van der Waals surface area contributed by atoms with Gasteiger partial charge in [0.2, 0.25) is 0 Å². The van der Waals surface area contributed by atoms with Crippen LogP contribution in [0.1, 0.15) is 5.56 Å². The molecule has 0 heterocycles. The van der Waals surface area contributed by atoms with E-state index < -0.39 is 7.79 Å². The van der Waals surface area contributed by atoms with Crippen LogP contribution in [0.15, 0.2) is 60.7 Å². The SMILES string of the molecule is CN(C)[P+](Cc1ccccc1)(Oc1ccccc1)N(C)C. The zero-order valence-electron chi connectivity index (χ0n) is 13.2. The summed E-state index contributed by atoms with van der Waals surface area (Å²) in [6.45, 7) is 0. The van der Waals surface area contributed by atoms with Crippen LogP contribution in [0.2, 0.25) is 0 Å². The minimum absolute atomic E-state index is 0.892. The summed E-state index contributed by atoms with van der Waals surface area (Å²) in [7, 11) is 6.47. The Kier molecular flexibility index (Phi) is 5.35. The Bertz CT molecular complexity index is 492. The zero-order chi connectivity index (χ0) is 15.3. The van der Waals surface area contributed by atoms with E-state index in [2.05, 4.69) is 61.8 Å². The lowest BCUT2D eigenvalue weighted by atomic mass is 10.2. The monoisotopic (exact) mass is 303 g/mol. The van der Waals surface area contributed by atoms with Crippen molar-refractivity contribution < 1.29 is 4.52 Å². The maximum atomic E-state index is 6.49. The smallest absolute Gasteiger partial charge is 0.312 e. The first-order valence-corrected chi connectivity index (χ1v) is 8.86. The van der Waals surface area contributed by atoms with E-state index in [4.69, 9.17) is 4.52 Å². The molecule has 2 aromatic rings. The summed E-state index contributed by atoms with van der Waals surface area (Å²) in [5.41, 5.74) is 1.30. The second-order valence-corrected chi connectivity index (χ2v) is 8.84. The Hall–Kier alpha value is -1.41. The van der Waals surface area contributed by atoms with Crippen molar-refractivity contribution in [2.75, 3.05) is 28.2 Å². The summed E-state index contributed by atoms with van der Waals surface area (Å²) in [6, 6.07) is 20.6. The highest BCUT2D eigenvalue weighted by Crippen LogP contribution is 2.64. The number of rotatable bonds is 6. The van der Waals surface area contributed by atoms with Crippen LogP contribution in [0.25, 0.3) is 0 Å². The molecule has 0 aromatic heterocycles. The van der Waals surface area contributed by atoms with Gasteiger partial charge in [0.05, 0.1) is 0 Å². The van der Waals surface area contributed by atoms with E-state index in [0.717, 1.165) is 11.9 Å². The molecule has 0 radical (unpaired) electrons. The highest BCUT2D eigenvalue weighted by atomic mass is 31.2. The van der Waals surface area contributed by atoms with Gasteiger partial charge in [-0.1, -0.05) is 48.5 Å². The third-order valence-corrected chi connectivity index (χ3v) is 7.26. The first kappa shape index (κ1) is 16.0. The molecule has 0 amide bonds. The predicted molar refractivity (Wildman–Crippen MR) is 91.5 cm³/mol. The van der Waals surface area contributed by atoms with Crippen LogP contribution in [0, 0.1) is 0 Å². The summed E-state index contributed by atoms with van der Waals surface area (Å²) in [5, 5.41) is 0. The predicted octanol–water partition coefficient (Wildman–Crippen LogP) is 4.15. The second kappa shape index (κ2) is 7.04. The molecule has 0 unspecified atom stereocenters. The van der Waals surface area contributed by atoms with Gasteiger partial charge in [-0.05, 0) is 17.7 Å². The van der Waals surface area contributed by atoms with E-state index in [1.54, 1.807) is 0 Å². The lowest BCUT2D eigenvalue weighted by Crippen LogP contribution is -2.31. The van der Waals surface area contributed by atoms with Gasteiger partial charge in [-0.2, -0.15) is 0 Å². The average Bonchev–Trinajstić information content (AvgIpc) is 2.48. The molecule has 0 saturated heterocycles. The molecule has 2 rings (SSSR count). The van der Waals surface area contributed by atoms with E-state index in [-0.39, 0.29) is 0 Å². The van der Waals surface area contributed by atoms with Crippen molar-refractivity contribution in [3.05, 3.63) is 66.2 Å². The van der Waals surface area contributed by atoms with Crippen molar-refractivity contribution in [1.29, 1.82) is 0 Å². The lowest BCUT2D eigenvalue weighted by Gasteiger charge is -2.34. The van der Waals surface area contributed by atoms with Crippen LogP contribution in [0.5, 0.6) is 5.75 Å². The Morgan fingerprint density at radius 3 is 1.71 bits per heavy atom. The van der Waals surface area contributed by atoms with Crippen LogP contribution < -0.4 is 4.52 Å². The molecule has 0 aliphatic carbocycles. The van der Waals surface area contributed by atoms with E-state index in [9.17, 15) is 0 Å². The fraction of sp³-hybridized carbons (Fsp3) is 0.294. The Morgan fingerprint density at radius 1 is 0.762 bits per heavy atom. The minimum atomic E-state index is -1.92. The van der Waals surface area contributed by atoms with Crippen LogP contribution >= 0.6 is 7.79 Å². The van der Waals surface area contributed by atoms with Crippen LogP contribution in [-0.4, -0.2) is 37.5 Å². The van der Waals surface area contributed by atoms with Gasteiger partial charge in [-0.25, -0.2) is 0 Å². The summed E-state index contributed by atoms with van der Waals surface area (Å²) in [5.74, 6) is 0.921. The van der Waals surface area contributed by atoms with Gasteiger partial charge in [0, 0.05) is 28.2 Å². The maximum Gasteiger partial charge on any atom is 0.340 e. The van der Waals surface area contributed by atoms with Crippen molar-refractivity contribution in [1.82, 2.24) is 9.34 Å². The van der Waals surface area contributed by atoms with E-state index in [0.29, 0.717) is 0 Å². The first-order chi connectivity index (χ1) is 10.0. The van der Waals surface area contributed by atoms with E-state index >= 15 is 0 Å². The van der Waals surface area contributed by atoms with Gasteiger partial charge >= 0.3 is 7.79 Å². The molecular weight excluding hydrogens is 279 g/mol. The van der Waals surface area contributed by atoms with Crippen molar-refractivity contribution in [3.63, 3.8) is 0 Å². The second-order valence-electron chi connectivity index (χ2n) is 5.41. The topological polar surface area (TPSA) is 15.7 Å². The summed E-state index contributed by atoms with van der Waals surface area (Å²) in [4.78, 5) is 0. The van der Waals surface area contributed by atoms with Gasteiger partial charge in [0.15, 0.2) is 11.9 Å². The molecule has 0 bridgehead atoms. The number of hydrogen-bond donors (Lipinski definition) is 0. The van der Waals surface area contributed by atoms with Crippen molar-refractivity contribution in [3.8, 4) is 5.75 Å². The van der Waals surface area contributed by atoms with Crippen LogP contribution in [0.3, 0.4) is 0 Å². The van der Waals surface area contributed by atoms with Gasteiger partial charge in [-0.15, -0.1) is 9.34 Å². The van der Waals surface area contributed by atoms with E-state index in [1.807, 2.05) is 36.4 Å². The molecule has 21 heavy (non-hydrogen) atoms. The molecule has 0 fully saturated rings. The van der Waals surface area contributed by atoms with E-state index in [1.165, 1.54) is 5.56 Å². The molecule has 0 N–H and O–H groups in total. The number of para-hydroxylation sites is 1. The largest absolute Gasteiger partial charge is 0.340 e. The zero-order valence-corrected chi connectivity index (χ0v) is 14.1. The van der Waals surface area contributed by atoms with Crippen LogP contribution in [-0.2, 0) is 6.16 Å². The summed E-state index contributed by atoms with van der Waals surface area (Å²) >= 11 is 0. The molecule has 0 saturated carbocycles. The quantitative estimate of drug-likeness (QED) is 0.746. The number of hydrogen-bond acceptors (Lipinski definition) is 3. The van der Waals surface area contributed by atoms with Gasteiger partial charge < -0.3 is 4.52 Å². The molecule has 112 valence electrons. The molecule has 0 spiro atoms. The number of nitrogens with zero attached hydrogens (tertiary/aromatic N) is 2. The Morgan fingerprint density at radius 2 is 1.24 bits per heavy atom. The normalized spacial score (nSPS) is 11.9. The fourth-order valence-corrected chi connectivity index (χ4v) is 5.13. The molecular formula is C17H24N2OP+. The molecule has 0 aliphatic heterocycles. The van der Waals surface area contributed by atoms with Gasteiger partial charge in [0.25, 0.3) is 0 Å². The first-order valence-electron chi connectivity index (χ1n) is 7.07. The highest BCUT2D eigenvalue weighted by molar-refractivity contribution is 7.66. The standard InChI is InChI=1S/C17H24N2OP/c1-18(2)21(19(3)4,15-16-11-7-5-8-12-16)20-17-13-9-6-10-14-17/h5-14H,15H2,1-4H3/q+1.